The summed E-state index contributed by atoms with van der Waals surface area (Å²) in [5, 5.41) is 0.998. The Morgan fingerprint density at radius 2 is 1.80 bits per heavy atom. The molecule has 0 atom stereocenters. The largest absolute Gasteiger partial charge is 0.573 e. The van der Waals surface area contributed by atoms with Crippen LogP contribution >= 0.6 is 0 Å². The summed E-state index contributed by atoms with van der Waals surface area (Å²) in [6.45, 7) is 0. The second kappa shape index (κ2) is 4.59. The number of rotatable bonds is 2. The van der Waals surface area contributed by atoms with Crippen molar-refractivity contribution in [2.24, 2.45) is 0 Å². The zero-order valence-corrected chi connectivity index (χ0v) is 10.2. The molecule has 3 rings (SSSR count). The van der Waals surface area contributed by atoms with Crippen LogP contribution in [0.3, 0.4) is 0 Å². The summed E-state index contributed by atoms with van der Waals surface area (Å²) >= 11 is 0. The Kier molecular flexibility index (Phi) is 2.89. The van der Waals surface area contributed by atoms with Crippen LogP contribution in [0, 0.1) is 6.07 Å². The molecule has 0 unspecified atom stereocenters. The van der Waals surface area contributed by atoms with E-state index in [0.29, 0.717) is 0 Å². The van der Waals surface area contributed by atoms with E-state index in [1.54, 1.807) is 18.2 Å². The second-order valence-corrected chi connectivity index (χ2v) is 4.27. The van der Waals surface area contributed by atoms with Crippen molar-refractivity contribution in [3.8, 4) is 17.0 Å². The summed E-state index contributed by atoms with van der Waals surface area (Å²) in [7, 11) is 0. The standard InChI is InChI=1S/C15H9F3NO/c16-15(17,18)20-12-7-5-10(6-8-12)14-9-11-3-1-2-4-13(11)19-14/h2-9,19H. The predicted molar refractivity (Wildman–Crippen MR) is 69.3 cm³/mol. The van der Waals surface area contributed by atoms with E-state index in [1.165, 1.54) is 12.1 Å². The third-order valence-corrected chi connectivity index (χ3v) is 2.86. The molecule has 0 amide bonds. The number of hydrogen-bond donors (Lipinski definition) is 1. The smallest absolute Gasteiger partial charge is 0.406 e. The number of ether oxygens (including phenoxy) is 1. The van der Waals surface area contributed by atoms with Crippen LogP contribution in [0.25, 0.3) is 22.2 Å². The van der Waals surface area contributed by atoms with Crippen molar-refractivity contribution in [1.82, 2.24) is 4.98 Å². The minimum atomic E-state index is -4.67. The first-order chi connectivity index (χ1) is 9.51. The molecule has 0 bridgehead atoms. The Balaban J connectivity index is 1.90. The van der Waals surface area contributed by atoms with Gasteiger partial charge in [0, 0.05) is 16.6 Å². The van der Waals surface area contributed by atoms with Crippen LogP contribution in [0.1, 0.15) is 0 Å². The third-order valence-electron chi connectivity index (χ3n) is 2.86. The lowest BCUT2D eigenvalue weighted by molar-refractivity contribution is -0.274. The highest BCUT2D eigenvalue weighted by atomic mass is 19.4. The van der Waals surface area contributed by atoms with E-state index >= 15 is 0 Å². The molecular formula is C15H9F3NO. The highest BCUT2D eigenvalue weighted by Crippen LogP contribution is 2.28. The molecule has 0 fully saturated rings. The maximum Gasteiger partial charge on any atom is 0.573 e. The zero-order valence-electron chi connectivity index (χ0n) is 10.2. The van der Waals surface area contributed by atoms with Gasteiger partial charge in [0.2, 0.25) is 0 Å². The molecule has 0 saturated carbocycles. The first-order valence-corrected chi connectivity index (χ1v) is 5.86. The van der Waals surface area contributed by atoms with Gasteiger partial charge in [-0.3, -0.25) is 0 Å². The number of benzene rings is 2. The van der Waals surface area contributed by atoms with Gasteiger partial charge in [-0.15, -0.1) is 13.2 Å². The van der Waals surface area contributed by atoms with Crippen molar-refractivity contribution < 1.29 is 17.9 Å². The van der Waals surface area contributed by atoms with E-state index in [4.69, 9.17) is 0 Å². The van der Waals surface area contributed by atoms with E-state index in [1.807, 2.05) is 18.2 Å². The lowest BCUT2D eigenvalue weighted by Gasteiger charge is -2.08. The van der Waals surface area contributed by atoms with Crippen LogP contribution in [0.4, 0.5) is 13.2 Å². The number of fused-ring (bicyclic) bond motifs is 1. The van der Waals surface area contributed by atoms with Gasteiger partial charge in [0.1, 0.15) is 5.75 Å². The van der Waals surface area contributed by atoms with Crippen LogP contribution < -0.4 is 4.74 Å². The third kappa shape index (κ3) is 2.61. The van der Waals surface area contributed by atoms with Crippen molar-refractivity contribution in [3.63, 3.8) is 0 Å². The zero-order chi connectivity index (χ0) is 14.2. The monoisotopic (exact) mass is 276 g/mol. The molecule has 2 nitrogen and oxygen atoms in total. The molecule has 1 heterocycles. The van der Waals surface area contributed by atoms with Gasteiger partial charge >= 0.3 is 6.36 Å². The van der Waals surface area contributed by atoms with Gasteiger partial charge in [0.25, 0.3) is 0 Å². The summed E-state index contributed by atoms with van der Waals surface area (Å²) in [5.74, 6) is -0.231. The Hall–Kier alpha value is -2.43. The summed E-state index contributed by atoms with van der Waals surface area (Å²) in [6, 6.07) is 16.2. The molecule has 2 aromatic carbocycles. The molecule has 3 aromatic rings. The molecule has 0 saturated heterocycles. The van der Waals surface area contributed by atoms with Crippen molar-refractivity contribution in [2.45, 2.75) is 6.36 Å². The van der Waals surface area contributed by atoms with Crippen molar-refractivity contribution >= 4 is 10.9 Å². The first kappa shape index (κ1) is 12.6. The van der Waals surface area contributed by atoms with Crippen LogP contribution in [0.5, 0.6) is 5.75 Å². The van der Waals surface area contributed by atoms with E-state index in [0.717, 1.165) is 22.2 Å². The SMILES string of the molecule is FC(F)(F)Oc1ccc(-c2cc3c[c]ccc3[nH]2)cc1. The molecule has 101 valence electrons. The van der Waals surface area contributed by atoms with Gasteiger partial charge in [-0.05, 0) is 54.1 Å². The number of aromatic amines is 1. The molecule has 1 N–H and O–H groups in total. The number of aromatic nitrogens is 1. The number of H-pyrrole nitrogens is 1. The summed E-state index contributed by atoms with van der Waals surface area (Å²) in [6.07, 6.45) is -4.67. The molecule has 0 spiro atoms. The highest BCUT2D eigenvalue weighted by molar-refractivity contribution is 5.85. The summed E-state index contributed by atoms with van der Waals surface area (Å²) < 4.78 is 40.1. The molecule has 20 heavy (non-hydrogen) atoms. The summed E-state index contributed by atoms with van der Waals surface area (Å²) in [4.78, 5) is 3.20. The van der Waals surface area contributed by atoms with Crippen LogP contribution in [-0.4, -0.2) is 11.3 Å². The van der Waals surface area contributed by atoms with E-state index in [2.05, 4.69) is 15.8 Å². The summed E-state index contributed by atoms with van der Waals surface area (Å²) in [5.41, 5.74) is 2.57. The molecule has 0 aliphatic rings. The van der Waals surface area contributed by atoms with Gasteiger partial charge in [-0.1, -0.05) is 6.07 Å². The molecule has 1 aromatic heterocycles. The van der Waals surface area contributed by atoms with Gasteiger partial charge in [-0.2, -0.15) is 0 Å². The van der Waals surface area contributed by atoms with E-state index < -0.39 is 6.36 Å². The maximum absolute atomic E-state index is 12.1. The normalized spacial score (nSPS) is 11.8. The van der Waals surface area contributed by atoms with Gasteiger partial charge < -0.3 is 9.72 Å². The second-order valence-electron chi connectivity index (χ2n) is 4.27. The fourth-order valence-electron chi connectivity index (χ4n) is 2.00. The average molecular weight is 276 g/mol. The molecule has 1 radical (unpaired) electrons. The van der Waals surface area contributed by atoms with E-state index in [9.17, 15) is 13.2 Å². The predicted octanol–water partition coefficient (Wildman–Crippen LogP) is 4.53. The van der Waals surface area contributed by atoms with Gasteiger partial charge in [-0.25, -0.2) is 0 Å². The Labute approximate surface area is 112 Å². The fourth-order valence-corrected chi connectivity index (χ4v) is 2.00. The molecule has 0 aliphatic carbocycles. The number of hydrogen-bond acceptors (Lipinski definition) is 1. The average Bonchev–Trinajstić information content (AvgIpc) is 2.81. The Morgan fingerprint density at radius 1 is 1.05 bits per heavy atom. The quantitative estimate of drug-likeness (QED) is 0.730. The highest BCUT2D eigenvalue weighted by Gasteiger charge is 2.30. The fraction of sp³-hybridized carbons (Fsp3) is 0.0667. The van der Waals surface area contributed by atoms with Gasteiger partial charge in [0.15, 0.2) is 0 Å². The van der Waals surface area contributed by atoms with Gasteiger partial charge in [0.05, 0.1) is 0 Å². The van der Waals surface area contributed by atoms with Crippen LogP contribution in [0.2, 0.25) is 0 Å². The van der Waals surface area contributed by atoms with Crippen LogP contribution in [-0.2, 0) is 0 Å². The number of halogens is 3. The molecular weight excluding hydrogens is 267 g/mol. The first-order valence-electron chi connectivity index (χ1n) is 5.86. The van der Waals surface area contributed by atoms with E-state index in [-0.39, 0.29) is 5.75 Å². The molecule has 5 heteroatoms. The van der Waals surface area contributed by atoms with Crippen molar-refractivity contribution in [1.29, 1.82) is 0 Å². The maximum atomic E-state index is 12.1. The van der Waals surface area contributed by atoms with Crippen molar-refractivity contribution in [3.05, 3.63) is 54.6 Å². The minimum Gasteiger partial charge on any atom is -0.406 e. The molecule has 0 aliphatic heterocycles. The Morgan fingerprint density at radius 3 is 2.45 bits per heavy atom. The number of nitrogens with one attached hydrogen (secondary N) is 1. The lowest BCUT2D eigenvalue weighted by Crippen LogP contribution is -2.16. The number of alkyl halides is 3. The lowest BCUT2D eigenvalue weighted by atomic mass is 10.1. The van der Waals surface area contributed by atoms with Crippen molar-refractivity contribution in [2.75, 3.05) is 0 Å². The minimum absolute atomic E-state index is 0.231. The Bertz CT molecular complexity index is 696. The van der Waals surface area contributed by atoms with Crippen LogP contribution in [0.15, 0.2) is 48.5 Å². The topological polar surface area (TPSA) is 25.0 Å².